The van der Waals surface area contributed by atoms with Crippen molar-refractivity contribution in [2.24, 2.45) is 0 Å². The molecule has 16 nitrogen and oxygen atoms in total. The summed E-state index contributed by atoms with van der Waals surface area (Å²) >= 11 is 0. The largest absolute Gasteiger partial charge is 0.354 e. The van der Waals surface area contributed by atoms with E-state index in [1.165, 1.54) is 48.5 Å². The average Bonchev–Trinajstić information content (AvgIpc) is 4.09. The lowest BCUT2D eigenvalue weighted by molar-refractivity contribution is -0.385. The van der Waals surface area contributed by atoms with Crippen LogP contribution in [0.1, 0.15) is 45.0 Å². The minimum atomic E-state index is -0.479. The van der Waals surface area contributed by atoms with E-state index in [4.69, 9.17) is 0 Å². The maximum absolute atomic E-state index is 12.0. The Morgan fingerprint density at radius 1 is 0.300 bits per heavy atom. The average molecular weight is 797 g/mol. The number of aromatic nitrogens is 4. The fourth-order valence-corrected chi connectivity index (χ4v) is 7.67. The van der Waals surface area contributed by atoms with Crippen molar-refractivity contribution in [2.45, 2.75) is 0 Å². The van der Waals surface area contributed by atoms with Crippen molar-refractivity contribution in [3.63, 3.8) is 0 Å². The lowest BCUT2D eigenvalue weighted by Gasteiger charge is -2.10. The third-order valence-corrected chi connectivity index (χ3v) is 10.3. The summed E-state index contributed by atoms with van der Waals surface area (Å²) in [7, 11) is 0. The van der Waals surface area contributed by atoms with Crippen LogP contribution < -0.4 is 21.4 Å². The van der Waals surface area contributed by atoms with Gasteiger partial charge < -0.3 is 19.9 Å². The van der Waals surface area contributed by atoms with Crippen molar-refractivity contribution in [3.8, 4) is 0 Å². The fourth-order valence-electron chi connectivity index (χ4n) is 7.67. The van der Waals surface area contributed by atoms with Crippen LogP contribution in [0.2, 0.25) is 0 Å². The second-order valence-electron chi connectivity index (χ2n) is 13.9. The number of aromatic amines is 4. The van der Waals surface area contributed by atoms with E-state index in [1.54, 1.807) is 48.5 Å². The van der Waals surface area contributed by atoms with E-state index in [2.05, 4.69) is 19.9 Å². The summed E-state index contributed by atoms with van der Waals surface area (Å²) in [5.41, 5.74) is 5.88. The van der Waals surface area contributed by atoms with Crippen LogP contribution in [-0.2, 0) is 0 Å². The first kappa shape index (κ1) is 36.7. The highest BCUT2D eigenvalue weighted by Crippen LogP contribution is 2.31. The van der Waals surface area contributed by atoms with Gasteiger partial charge in [-0.15, -0.1) is 0 Å². The van der Waals surface area contributed by atoms with Crippen LogP contribution in [0, 0.1) is 40.5 Å². The molecule has 0 atom stereocenters. The summed E-state index contributed by atoms with van der Waals surface area (Å²) < 4.78 is 0. The molecule has 0 amide bonds. The number of nitro benzene ring substituents is 4. The Morgan fingerprint density at radius 2 is 0.533 bits per heavy atom. The molecule has 8 aromatic rings. The lowest BCUT2D eigenvalue weighted by atomic mass is 10.0. The maximum atomic E-state index is 12.0. The molecular weight excluding hydrogens is 769 g/mol. The SMILES string of the molecule is O=[N+]([O-])c1cccc(C2=c3ccc([nH]3)=C(c3cccc([N+](=O)[O-])c3)c3ccc([nH]3)C(c3cccc([N+](=O)[O-])c3)=c3ccc([nH]3)=C(c3cccc([N+](=O)[O-])c3)c3ccc2[nH]3)c1. The van der Waals surface area contributed by atoms with Crippen LogP contribution in [0.3, 0.4) is 0 Å². The molecular formula is C44H28N8O8. The lowest BCUT2D eigenvalue weighted by Crippen LogP contribution is -2.19. The van der Waals surface area contributed by atoms with Crippen molar-refractivity contribution in [3.05, 3.63) is 252 Å². The molecule has 0 radical (unpaired) electrons. The van der Waals surface area contributed by atoms with E-state index >= 15 is 0 Å². The van der Waals surface area contributed by atoms with Crippen molar-refractivity contribution >= 4 is 45.0 Å². The zero-order chi connectivity index (χ0) is 41.7. The molecule has 0 aliphatic carbocycles. The molecule has 1 aliphatic rings. The normalized spacial score (nSPS) is 12.4. The molecule has 1 aliphatic heterocycles. The third kappa shape index (κ3) is 6.60. The molecule has 4 N–H and O–H groups in total. The van der Waals surface area contributed by atoms with Gasteiger partial charge in [0.15, 0.2) is 0 Å². The zero-order valence-electron chi connectivity index (χ0n) is 30.9. The molecule has 9 rings (SSSR count). The Morgan fingerprint density at radius 3 is 0.750 bits per heavy atom. The molecule has 0 saturated heterocycles. The van der Waals surface area contributed by atoms with E-state index in [1.807, 2.05) is 48.5 Å². The van der Waals surface area contributed by atoms with Gasteiger partial charge in [-0.3, -0.25) is 40.5 Å². The molecule has 0 spiro atoms. The van der Waals surface area contributed by atoms with Gasteiger partial charge in [0.2, 0.25) is 0 Å². The predicted molar refractivity (Wildman–Crippen MR) is 221 cm³/mol. The van der Waals surface area contributed by atoms with Crippen molar-refractivity contribution in [1.29, 1.82) is 0 Å². The highest BCUT2D eigenvalue weighted by Gasteiger charge is 2.21. The van der Waals surface area contributed by atoms with Crippen molar-refractivity contribution < 1.29 is 19.7 Å². The molecule has 0 fully saturated rings. The van der Waals surface area contributed by atoms with Gasteiger partial charge >= 0.3 is 0 Å². The Hall–Kier alpha value is -8.92. The van der Waals surface area contributed by atoms with E-state index in [0.29, 0.717) is 88.7 Å². The topological polar surface area (TPSA) is 236 Å². The van der Waals surface area contributed by atoms with Gasteiger partial charge in [-0.2, -0.15) is 0 Å². The number of non-ortho nitro benzene ring substituents is 4. The van der Waals surface area contributed by atoms with Crippen LogP contribution in [0.4, 0.5) is 22.7 Å². The first-order valence-electron chi connectivity index (χ1n) is 18.3. The molecule has 8 bridgehead atoms. The summed E-state index contributed by atoms with van der Waals surface area (Å²) in [4.78, 5) is 60.0. The number of H-pyrrole nitrogens is 4. The van der Waals surface area contributed by atoms with Gasteiger partial charge in [0.25, 0.3) is 22.7 Å². The number of fused-ring (bicyclic) bond motifs is 8. The van der Waals surface area contributed by atoms with Crippen LogP contribution >= 0.6 is 0 Å². The standard InChI is InChI=1S/C44H28N8O8/c53-49(54)29-9-1-5-25(21-29)41-33-13-15-35(45-33)42(26-6-2-10-30(22-26)50(55)56)37-17-19-39(47-37)44(28-8-4-12-32(24-28)52(59)60)40-20-18-38(48-40)43(36-16-14-34(41)46-36)27-7-3-11-31(23-27)51(57)58/h1-24,45-48H. The highest BCUT2D eigenvalue weighted by molar-refractivity contribution is 5.85. The van der Waals surface area contributed by atoms with Gasteiger partial charge in [-0.1, -0.05) is 48.5 Å². The molecule has 4 aromatic carbocycles. The number of nitro groups is 4. The first-order chi connectivity index (χ1) is 29.0. The monoisotopic (exact) mass is 796 g/mol. The minimum absolute atomic E-state index is 0.132. The van der Waals surface area contributed by atoms with Crippen molar-refractivity contribution in [2.75, 3.05) is 0 Å². The molecule has 5 heterocycles. The summed E-state index contributed by atoms with van der Waals surface area (Å²) in [5.74, 6) is 0. The second kappa shape index (κ2) is 14.5. The predicted octanol–water partition coefficient (Wildman–Crippen LogP) is 5.93. The zero-order valence-corrected chi connectivity index (χ0v) is 30.9. The first-order valence-corrected chi connectivity index (χ1v) is 18.3. The molecule has 0 saturated carbocycles. The quantitative estimate of drug-likeness (QED) is 0.106. The number of benzene rings is 4. The Bertz CT molecular complexity index is 2930. The smallest absolute Gasteiger partial charge is 0.270 e. The number of nitrogens with one attached hydrogen (secondary N) is 4. The fraction of sp³-hybridized carbons (Fsp3) is 0. The van der Waals surface area contributed by atoms with Crippen LogP contribution in [0.25, 0.3) is 22.3 Å². The second-order valence-corrected chi connectivity index (χ2v) is 13.9. The molecule has 0 unspecified atom stereocenters. The molecule has 16 heteroatoms. The number of rotatable bonds is 8. The Labute approximate surface area is 336 Å². The number of nitrogens with zero attached hydrogens (tertiary/aromatic N) is 4. The third-order valence-electron chi connectivity index (χ3n) is 10.3. The Balaban J connectivity index is 1.44. The molecule has 292 valence electrons. The maximum Gasteiger partial charge on any atom is 0.270 e. The van der Waals surface area contributed by atoms with Crippen LogP contribution in [0.15, 0.2) is 146 Å². The van der Waals surface area contributed by atoms with E-state index in [0.717, 1.165) is 0 Å². The van der Waals surface area contributed by atoms with Crippen LogP contribution in [-0.4, -0.2) is 39.6 Å². The summed E-state index contributed by atoms with van der Waals surface area (Å²) in [6.07, 6.45) is 0. The number of hydrogen-bond donors (Lipinski definition) is 4. The van der Waals surface area contributed by atoms with Crippen molar-refractivity contribution in [1.82, 2.24) is 19.9 Å². The van der Waals surface area contributed by atoms with Gasteiger partial charge in [-0.05, 0) is 70.8 Å². The highest BCUT2D eigenvalue weighted by atomic mass is 16.6. The molecule has 4 aromatic heterocycles. The minimum Gasteiger partial charge on any atom is -0.354 e. The van der Waals surface area contributed by atoms with E-state index in [-0.39, 0.29) is 22.7 Å². The van der Waals surface area contributed by atoms with E-state index < -0.39 is 19.7 Å². The summed E-state index contributed by atoms with van der Waals surface area (Å²) in [6.45, 7) is 0. The summed E-state index contributed by atoms with van der Waals surface area (Å²) in [5, 5.41) is 50.2. The number of hydrogen-bond acceptors (Lipinski definition) is 8. The van der Waals surface area contributed by atoms with Gasteiger partial charge in [0, 0.05) is 115 Å². The summed E-state index contributed by atoms with van der Waals surface area (Å²) in [6, 6.07) is 39.3. The Kier molecular flexibility index (Phi) is 8.90. The van der Waals surface area contributed by atoms with Gasteiger partial charge in [0.1, 0.15) is 0 Å². The van der Waals surface area contributed by atoms with Crippen LogP contribution in [0.5, 0.6) is 0 Å². The van der Waals surface area contributed by atoms with Gasteiger partial charge in [0.05, 0.1) is 19.7 Å². The van der Waals surface area contributed by atoms with E-state index in [9.17, 15) is 40.5 Å². The molecule has 60 heavy (non-hydrogen) atoms. The van der Waals surface area contributed by atoms with Gasteiger partial charge in [-0.25, -0.2) is 0 Å².